The maximum Gasteiger partial charge on any atom is 0.313 e. The predicted molar refractivity (Wildman–Crippen MR) is 89.7 cm³/mol. The highest BCUT2D eigenvalue weighted by Gasteiger charge is 2.19. The third-order valence-corrected chi connectivity index (χ3v) is 3.61. The van der Waals surface area contributed by atoms with E-state index in [1.165, 1.54) is 13.0 Å². The van der Waals surface area contributed by atoms with Crippen LogP contribution in [0.5, 0.6) is 5.75 Å². The molecule has 0 aliphatic heterocycles. The Hall–Kier alpha value is -2.04. The summed E-state index contributed by atoms with van der Waals surface area (Å²) in [4.78, 5) is 23.5. The second-order valence-corrected chi connectivity index (χ2v) is 5.76. The van der Waals surface area contributed by atoms with Crippen molar-refractivity contribution < 1.29 is 14.3 Å². The first-order valence-electron chi connectivity index (χ1n) is 6.93. The van der Waals surface area contributed by atoms with E-state index in [9.17, 15) is 9.59 Å². The molecule has 2 aromatic rings. The maximum absolute atomic E-state index is 12.2. The van der Waals surface area contributed by atoms with Crippen LogP contribution in [0.4, 0.5) is 0 Å². The van der Waals surface area contributed by atoms with Crippen LogP contribution >= 0.6 is 23.2 Å². The van der Waals surface area contributed by atoms with Crippen LogP contribution < -0.4 is 10.1 Å². The monoisotopic (exact) mass is 351 g/mol. The van der Waals surface area contributed by atoms with Crippen LogP contribution in [0.1, 0.15) is 24.9 Å². The lowest BCUT2D eigenvalue weighted by Gasteiger charge is -2.17. The van der Waals surface area contributed by atoms with Crippen molar-refractivity contribution in [3.63, 3.8) is 0 Å². The molecule has 1 N–H and O–H groups in total. The average molecular weight is 352 g/mol. The molecule has 4 nitrogen and oxygen atoms in total. The molecule has 0 spiro atoms. The van der Waals surface area contributed by atoms with Crippen molar-refractivity contribution in [3.05, 3.63) is 64.1 Å². The number of halogens is 2. The molecule has 0 unspecified atom stereocenters. The summed E-state index contributed by atoms with van der Waals surface area (Å²) in [6, 6.07) is 13.3. The van der Waals surface area contributed by atoms with Gasteiger partial charge in [-0.05, 0) is 17.7 Å². The van der Waals surface area contributed by atoms with E-state index in [0.717, 1.165) is 5.56 Å². The SMILES string of the molecule is CC(=O)N[C@H](CC(=O)Oc1cc(Cl)ccc1Cl)c1ccccc1. The minimum absolute atomic E-state index is 0.0214. The molecule has 2 aromatic carbocycles. The molecule has 1 atom stereocenters. The molecule has 0 fully saturated rings. The Balaban J connectivity index is 2.11. The van der Waals surface area contributed by atoms with Gasteiger partial charge in [-0.25, -0.2) is 0 Å². The first-order valence-corrected chi connectivity index (χ1v) is 7.69. The van der Waals surface area contributed by atoms with Crippen LogP contribution in [0.25, 0.3) is 0 Å². The zero-order valence-corrected chi connectivity index (χ0v) is 13.9. The van der Waals surface area contributed by atoms with Crippen molar-refractivity contribution in [2.24, 2.45) is 0 Å². The van der Waals surface area contributed by atoms with Crippen LogP contribution in [0.2, 0.25) is 10.0 Å². The number of rotatable bonds is 5. The van der Waals surface area contributed by atoms with E-state index in [2.05, 4.69) is 5.32 Å². The van der Waals surface area contributed by atoms with Gasteiger partial charge in [-0.15, -0.1) is 0 Å². The minimum Gasteiger partial charge on any atom is -0.425 e. The van der Waals surface area contributed by atoms with Gasteiger partial charge in [-0.2, -0.15) is 0 Å². The number of ether oxygens (including phenoxy) is 1. The van der Waals surface area contributed by atoms with E-state index in [1.54, 1.807) is 12.1 Å². The van der Waals surface area contributed by atoms with Gasteiger partial charge in [0.15, 0.2) is 5.75 Å². The Morgan fingerprint density at radius 2 is 1.83 bits per heavy atom. The summed E-state index contributed by atoms with van der Waals surface area (Å²) in [5.41, 5.74) is 0.817. The summed E-state index contributed by atoms with van der Waals surface area (Å²) in [6.45, 7) is 1.40. The molecule has 6 heteroatoms. The quantitative estimate of drug-likeness (QED) is 0.649. The van der Waals surface area contributed by atoms with Gasteiger partial charge in [0.1, 0.15) is 0 Å². The van der Waals surface area contributed by atoms with E-state index in [1.807, 2.05) is 30.3 Å². The molecule has 0 bridgehead atoms. The zero-order valence-electron chi connectivity index (χ0n) is 12.4. The van der Waals surface area contributed by atoms with Crippen molar-refractivity contribution in [3.8, 4) is 5.75 Å². The molecule has 2 rings (SSSR count). The molecule has 0 aromatic heterocycles. The predicted octanol–water partition coefficient (Wildman–Crippen LogP) is 4.17. The number of benzene rings is 2. The van der Waals surface area contributed by atoms with Crippen LogP contribution in [0.3, 0.4) is 0 Å². The van der Waals surface area contributed by atoms with Crippen LogP contribution in [-0.4, -0.2) is 11.9 Å². The highest BCUT2D eigenvalue weighted by Crippen LogP contribution is 2.28. The summed E-state index contributed by atoms with van der Waals surface area (Å²) in [5.74, 6) is -0.553. The van der Waals surface area contributed by atoms with Crippen LogP contribution in [0.15, 0.2) is 48.5 Å². The van der Waals surface area contributed by atoms with Crippen molar-refractivity contribution in [1.29, 1.82) is 0 Å². The molecular weight excluding hydrogens is 337 g/mol. The molecule has 0 saturated carbocycles. The Kier molecular flexibility index (Phi) is 6.02. The van der Waals surface area contributed by atoms with Gasteiger partial charge in [0.25, 0.3) is 0 Å². The van der Waals surface area contributed by atoms with Crippen LogP contribution in [0, 0.1) is 0 Å². The Morgan fingerprint density at radius 3 is 2.48 bits per heavy atom. The highest BCUT2D eigenvalue weighted by atomic mass is 35.5. The fraction of sp³-hybridized carbons (Fsp3) is 0.176. The number of carbonyl (C=O) groups is 2. The number of hydrogen-bond donors (Lipinski definition) is 1. The normalized spacial score (nSPS) is 11.6. The fourth-order valence-corrected chi connectivity index (χ4v) is 2.39. The van der Waals surface area contributed by atoms with E-state index in [-0.39, 0.29) is 18.1 Å². The number of esters is 1. The number of hydrogen-bond acceptors (Lipinski definition) is 3. The molecule has 0 radical (unpaired) electrons. The van der Waals surface area contributed by atoms with Gasteiger partial charge in [-0.1, -0.05) is 53.5 Å². The summed E-state index contributed by atoms with van der Waals surface area (Å²) in [5, 5.41) is 3.45. The molecule has 23 heavy (non-hydrogen) atoms. The Labute approximate surface area is 144 Å². The Morgan fingerprint density at radius 1 is 1.13 bits per heavy atom. The molecular formula is C17H15Cl2NO3. The van der Waals surface area contributed by atoms with Crippen LogP contribution in [-0.2, 0) is 9.59 Å². The summed E-state index contributed by atoms with van der Waals surface area (Å²) >= 11 is 11.8. The van der Waals surface area contributed by atoms with E-state index >= 15 is 0 Å². The lowest BCUT2D eigenvalue weighted by molar-refractivity contribution is -0.135. The summed E-state index contributed by atoms with van der Waals surface area (Å²) in [7, 11) is 0. The molecule has 1 amide bonds. The molecule has 0 heterocycles. The number of carbonyl (C=O) groups excluding carboxylic acids is 2. The average Bonchev–Trinajstić information content (AvgIpc) is 2.51. The van der Waals surface area contributed by atoms with Gasteiger partial charge < -0.3 is 10.1 Å². The molecule has 120 valence electrons. The molecule has 0 saturated heterocycles. The highest BCUT2D eigenvalue weighted by molar-refractivity contribution is 6.34. The van der Waals surface area contributed by atoms with Gasteiger partial charge in [0, 0.05) is 18.0 Å². The first-order chi connectivity index (χ1) is 11.0. The van der Waals surface area contributed by atoms with Crippen molar-refractivity contribution in [1.82, 2.24) is 5.32 Å². The summed E-state index contributed by atoms with van der Waals surface area (Å²) in [6.07, 6.45) is -0.0214. The van der Waals surface area contributed by atoms with Gasteiger partial charge >= 0.3 is 5.97 Å². The standard InChI is InChI=1S/C17H15Cl2NO3/c1-11(21)20-15(12-5-3-2-4-6-12)10-17(22)23-16-9-13(18)7-8-14(16)19/h2-9,15H,10H2,1H3,(H,20,21)/t15-/m1/s1. The fourth-order valence-electron chi connectivity index (χ4n) is 2.07. The van der Waals surface area contributed by atoms with Crippen molar-refractivity contribution >= 4 is 35.1 Å². The number of nitrogens with one attached hydrogen (secondary N) is 1. The zero-order chi connectivity index (χ0) is 16.8. The topological polar surface area (TPSA) is 55.4 Å². The van der Waals surface area contributed by atoms with Gasteiger partial charge in [-0.3, -0.25) is 9.59 Å². The molecule has 0 aliphatic rings. The Bertz CT molecular complexity index is 704. The van der Waals surface area contributed by atoms with E-state index in [4.69, 9.17) is 27.9 Å². The second-order valence-electron chi connectivity index (χ2n) is 4.92. The van der Waals surface area contributed by atoms with Crippen molar-refractivity contribution in [2.75, 3.05) is 0 Å². The van der Waals surface area contributed by atoms with E-state index < -0.39 is 12.0 Å². The first kappa shape index (κ1) is 17.3. The number of amides is 1. The lowest BCUT2D eigenvalue weighted by Crippen LogP contribution is -2.29. The van der Waals surface area contributed by atoms with E-state index in [0.29, 0.717) is 10.0 Å². The van der Waals surface area contributed by atoms with Gasteiger partial charge in [0.2, 0.25) is 5.91 Å². The maximum atomic E-state index is 12.2. The van der Waals surface area contributed by atoms with Crippen molar-refractivity contribution in [2.45, 2.75) is 19.4 Å². The smallest absolute Gasteiger partial charge is 0.313 e. The second kappa shape index (κ2) is 7.99. The third kappa shape index (κ3) is 5.27. The molecule has 0 aliphatic carbocycles. The van der Waals surface area contributed by atoms with Gasteiger partial charge in [0.05, 0.1) is 17.5 Å². The minimum atomic E-state index is -0.517. The summed E-state index contributed by atoms with van der Waals surface area (Å²) < 4.78 is 5.25. The third-order valence-electron chi connectivity index (χ3n) is 3.07. The largest absolute Gasteiger partial charge is 0.425 e. The lowest BCUT2D eigenvalue weighted by atomic mass is 10.0.